The highest BCUT2D eigenvalue weighted by atomic mass is 16.5. The van der Waals surface area contributed by atoms with Crippen LogP contribution in [0.4, 0.5) is 0 Å². The van der Waals surface area contributed by atoms with Gasteiger partial charge in [-0.05, 0) is 24.5 Å². The molecule has 0 saturated heterocycles. The van der Waals surface area contributed by atoms with Crippen LogP contribution in [0.15, 0.2) is 60.7 Å². The Hall–Kier alpha value is -2.09. The fourth-order valence-electron chi connectivity index (χ4n) is 1.94. The van der Waals surface area contributed by atoms with Crippen molar-refractivity contribution in [2.45, 2.75) is 25.9 Å². The first kappa shape index (κ1) is 13.3. The van der Waals surface area contributed by atoms with Gasteiger partial charge in [-0.3, -0.25) is 4.79 Å². The maximum Gasteiger partial charge on any atom is 0.306 e. The molecule has 2 rings (SSSR count). The second-order valence-corrected chi connectivity index (χ2v) is 4.53. The molecule has 0 fully saturated rings. The van der Waals surface area contributed by atoms with Crippen LogP contribution in [0.1, 0.15) is 30.6 Å². The van der Waals surface area contributed by atoms with Crippen LogP contribution in [-0.2, 0) is 16.0 Å². The lowest BCUT2D eigenvalue weighted by Crippen LogP contribution is -2.09. The maximum atomic E-state index is 11.8. The number of carbonyl (C=O) groups excluding carboxylic acids is 1. The lowest BCUT2D eigenvalue weighted by atomic mass is 10.1. The van der Waals surface area contributed by atoms with Crippen molar-refractivity contribution in [3.05, 3.63) is 71.8 Å². The Balaban J connectivity index is 1.82. The third-order valence-corrected chi connectivity index (χ3v) is 3.04. The summed E-state index contributed by atoms with van der Waals surface area (Å²) in [7, 11) is 0. The summed E-state index contributed by atoms with van der Waals surface area (Å²) in [5.74, 6) is -0.153. The van der Waals surface area contributed by atoms with Crippen LogP contribution in [0.2, 0.25) is 0 Å². The molecule has 1 atom stereocenters. The van der Waals surface area contributed by atoms with E-state index in [1.54, 1.807) is 0 Å². The molecule has 0 radical (unpaired) electrons. The molecule has 0 bridgehead atoms. The molecule has 0 spiro atoms. The van der Waals surface area contributed by atoms with Gasteiger partial charge in [0.2, 0.25) is 0 Å². The number of ether oxygens (including phenoxy) is 1. The fraction of sp³-hybridized carbons (Fsp3) is 0.235. The lowest BCUT2D eigenvalue weighted by molar-refractivity contribution is -0.148. The molecule has 1 unspecified atom stereocenters. The zero-order valence-electron chi connectivity index (χ0n) is 11.1. The number of aryl methyl sites for hydroxylation is 1. The van der Waals surface area contributed by atoms with Crippen LogP contribution < -0.4 is 0 Å². The van der Waals surface area contributed by atoms with Crippen LogP contribution in [0.25, 0.3) is 0 Å². The quantitative estimate of drug-likeness (QED) is 0.756. The summed E-state index contributed by atoms with van der Waals surface area (Å²) >= 11 is 0. The van der Waals surface area contributed by atoms with E-state index in [4.69, 9.17) is 4.74 Å². The monoisotopic (exact) mass is 254 g/mol. The summed E-state index contributed by atoms with van der Waals surface area (Å²) in [6.07, 6.45) is 0.951. The highest BCUT2D eigenvalue weighted by Gasteiger charge is 2.11. The van der Waals surface area contributed by atoms with E-state index >= 15 is 0 Å². The Morgan fingerprint density at radius 1 is 1.00 bits per heavy atom. The average molecular weight is 254 g/mol. The number of hydrogen-bond donors (Lipinski definition) is 0. The van der Waals surface area contributed by atoms with Gasteiger partial charge in [-0.15, -0.1) is 0 Å². The van der Waals surface area contributed by atoms with Gasteiger partial charge < -0.3 is 4.74 Å². The summed E-state index contributed by atoms with van der Waals surface area (Å²) in [5, 5.41) is 0. The second-order valence-electron chi connectivity index (χ2n) is 4.53. The molecule has 0 heterocycles. The molecule has 19 heavy (non-hydrogen) atoms. The van der Waals surface area contributed by atoms with E-state index in [0.29, 0.717) is 6.42 Å². The number of esters is 1. The third kappa shape index (κ3) is 4.25. The van der Waals surface area contributed by atoms with Crippen LogP contribution in [-0.4, -0.2) is 5.97 Å². The Bertz CT molecular complexity index is 505. The first-order valence-electron chi connectivity index (χ1n) is 6.54. The first-order valence-corrected chi connectivity index (χ1v) is 6.54. The molecule has 2 aromatic rings. The van der Waals surface area contributed by atoms with Crippen LogP contribution in [0.5, 0.6) is 0 Å². The van der Waals surface area contributed by atoms with Crippen LogP contribution in [0.3, 0.4) is 0 Å². The van der Waals surface area contributed by atoms with Crippen molar-refractivity contribution in [3.8, 4) is 0 Å². The van der Waals surface area contributed by atoms with Crippen molar-refractivity contribution in [3.63, 3.8) is 0 Å². The molecule has 2 aromatic carbocycles. The van der Waals surface area contributed by atoms with Gasteiger partial charge in [-0.25, -0.2) is 0 Å². The molecule has 2 heteroatoms. The van der Waals surface area contributed by atoms with Gasteiger partial charge in [0.05, 0.1) is 0 Å². The Morgan fingerprint density at radius 2 is 1.58 bits per heavy atom. The highest BCUT2D eigenvalue weighted by molar-refractivity contribution is 5.70. The number of benzene rings is 2. The Morgan fingerprint density at radius 3 is 2.21 bits per heavy atom. The molecule has 0 aliphatic rings. The summed E-state index contributed by atoms with van der Waals surface area (Å²) in [4.78, 5) is 11.8. The summed E-state index contributed by atoms with van der Waals surface area (Å²) in [5.41, 5.74) is 2.18. The second kappa shape index (κ2) is 6.74. The van der Waals surface area contributed by atoms with Crippen molar-refractivity contribution >= 4 is 5.97 Å². The largest absolute Gasteiger partial charge is 0.458 e. The van der Waals surface area contributed by atoms with E-state index in [2.05, 4.69) is 0 Å². The van der Waals surface area contributed by atoms with Gasteiger partial charge >= 0.3 is 5.97 Å². The SMILES string of the molecule is CC(OC(=O)CCc1ccccc1)c1ccccc1. The molecule has 0 saturated carbocycles. The maximum absolute atomic E-state index is 11.8. The van der Waals surface area contributed by atoms with Gasteiger partial charge in [-0.2, -0.15) is 0 Å². The zero-order chi connectivity index (χ0) is 13.5. The third-order valence-electron chi connectivity index (χ3n) is 3.04. The average Bonchev–Trinajstić information content (AvgIpc) is 2.47. The Labute approximate surface area is 114 Å². The number of carbonyl (C=O) groups is 1. The van der Waals surface area contributed by atoms with Gasteiger partial charge in [0, 0.05) is 6.42 Å². The smallest absolute Gasteiger partial charge is 0.306 e. The van der Waals surface area contributed by atoms with Gasteiger partial charge in [0.1, 0.15) is 6.10 Å². The molecule has 0 amide bonds. The number of hydrogen-bond acceptors (Lipinski definition) is 2. The standard InChI is InChI=1S/C17H18O2/c1-14(16-10-6-3-7-11-16)19-17(18)13-12-15-8-4-2-5-9-15/h2-11,14H,12-13H2,1H3. The molecule has 2 nitrogen and oxygen atoms in total. The van der Waals surface area contributed by atoms with Crippen molar-refractivity contribution in [1.29, 1.82) is 0 Å². The summed E-state index contributed by atoms with van der Waals surface area (Å²) in [6.45, 7) is 1.90. The van der Waals surface area contributed by atoms with E-state index in [1.807, 2.05) is 67.6 Å². The Kier molecular flexibility index (Phi) is 4.73. The summed E-state index contributed by atoms with van der Waals surface area (Å²) < 4.78 is 5.42. The minimum Gasteiger partial charge on any atom is -0.458 e. The van der Waals surface area contributed by atoms with Gasteiger partial charge in [0.15, 0.2) is 0 Å². The fourth-order valence-corrected chi connectivity index (χ4v) is 1.94. The van der Waals surface area contributed by atoms with Crippen molar-refractivity contribution in [1.82, 2.24) is 0 Å². The zero-order valence-corrected chi connectivity index (χ0v) is 11.1. The van der Waals surface area contributed by atoms with Crippen molar-refractivity contribution in [2.75, 3.05) is 0 Å². The van der Waals surface area contributed by atoms with Gasteiger partial charge in [-0.1, -0.05) is 60.7 Å². The topological polar surface area (TPSA) is 26.3 Å². The van der Waals surface area contributed by atoms with Crippen molar-refractivity contribution < 1.29 is 9.53 Å². The molecule has 0 aromatic heterocycles. The van der Waals surface area contributed by atoms with E-state index in [0.717, 1.165) is 17.5 Å². The molecular weight excluding hydrogens is 236 g/mol. The first-order chi connectivity index (χ1) is 9.25. The summed E-state index contributed by atoms with van der Waals surface area (Å²) in [6, 6.07) is 19.8. The minimum atomic E-state index is -0.190. The predicted molar refractivity (Wildman–Crippen MR) is 75.7 cm³/mol. The van der Waals surface area contributed by atoms with Crippen LogP contribution >= 0.6 is 0 Å². The van der Waals surface area contributed by atoms with Gasteiger partial charge in [0.25, 0.3) is 0 Å². The van der Waals surface area contributed by atoms with Crippen molar-refractivity contribution in [2.24, 2.45) is 0 Å². The normalized spacial score (nSPS) is 11.8. The molecule has 0 aliphatic carbocycles. The molecule has 0 aliphatic heterocycles. The lowest BCUT2D eigenvalue weighted by Gasteiger charge is -2.13. The number of rotatable bonds is 5. The van der Waals surface area contributed by atoms with E-state index in [-0.39, 0.29) is 12.1 Å². The molecule has 0 N–H and O–H groups in total. The van der Waals surface area contributed by atoms with E-state index in [1.165, 1.54) is 0 Å². The molecule has 98 valence electrons. The highest BCUT2D eigenvalue weighted by Crippen LogP contribution is 2.17. The van der Waals surface area contributed by atoms with E-state index < -0.39 is 0 Å². The van der Waals surface area contributed by atoms with E-state index in [9.17, 15) is 4.79 Å². The minimum absolute atomic E-state index is 0.153. The predicted octanol–water partition coefficient (Wildman–Crippen LogP) is 3.92. The molecular formula is C17H18O2. The van der Waals surface area contributed by atoms with Crippen LogP contribution in [0, 0.1) is 0 Å².